The van der Waals surface area contributed by atoms with E-state index in [2.05, 4.69) is 40.7 Å². The van der Waals surface area contributed by atoms with Gasteiger partial charge in [-0.3, -0.25) is 14.8 Å². The number of aromatic nitrogens is 3. The Balaban J connectivity index is 2.23. The Labute approximate surface area is 117 Å². The topological polar surface area (TPSA) is 67.8 Å². The summed E-state index contributed by atoms with van der Waals surface area (Å²) in [6.07, 6.45) is 7.91. The molecule has 1 amide bonds. The Bertz CT molecular complexity index is 620. The van der Waals surface area contributed by atoms with Crippen molar-refractivity contribution in [1.29, 1.82) is 0 Å². The van der Waals surface area contributed by atoms with E-state index >= 15 is 0 Å². The smallest absolute Gasteiger partial charge is 0.248 e. The summed E-state index contributed by atoms with van der Waals surface area (Å²) in [4.78, 5) is 23.8. The van der Waals surface area contributed by atoms with E-state index in [1.54, 1.807) is 12.4 Å². The third-order valence-electron chi connectivity index (χ3n) is 2.81. The fraction of sp³-hybridized carbons (Fsp3) is 0.200. The molecule has 0 aliphatic heterocycles. The second-order valence-electron chi connectivity index (χ2n) is 4.64. The summed E-state index contributed by atoms with van der Waals surface area (Å²) in [6.45, 7) is 7.60. The Kier molecular flexibility index (Phi) is 4.20. The van der Waals surface area contributed by atoms with Crippen LogP contribution < -0.4 is 5.32 Å². The van der Waals surface area contributed by atoms with Crippen molar-refractivity contribution in [3.8, 4) is 11.3 Å². The van der Waals surface area contributed by atoms with Gasteiger partial charge in [0.2, 0.25) is 5.91 Å². The van der Waals surface area contributed by atoms with E-state index < -0.39 is 0 Å². The fourth-order valence-corrected chi connectivity index (χ4v) is 1.63. The summed E-state index contributed by atoms with van der Waals surface area (Å²) in [6, 6.07) is 2.05. The van der Waals surface area contributed by atoms with E-state index in [-0.39, 0.29) is 5.91 Å². The maximum absolute atomic E-state index is 11.1. The predicted molar refractivity (Wildman–Crippen MR) is 78.2 cm³/mol. The molecule has 2 heterocycles. The summed E-state index contributed by atoms with van der Waals surface area (Å²) in [5.74, 6) is 0.490. The van der Waals surface area contributed by atoms with Crippen molar-refractivity contribution in [2.75, 3.05) is 5.32 Å². The first-order valence-electron chi connectivity index (χ1n) is 6.31. The monoisotopic (exact) mass is 268 g/mol. The van der Waals surface area contributed by atoms with Gasteiger partial charge in [-0.05, 0) is 23.6 Å². The number of hydrogen-bond donors (Lipinski definition) is 1. The minimum absolute atomic E-state index is 0.310. The van der Waals surface area contributed by atoms with E-state index in [1.807, 2.05) is 12.3 Å². The predicted octanol–water partition coefficient (Wildman–Crippen LogP) is 2.79. The molecule has 102 valence electrons. The Morgan fingerprint density at radius 2 is 2.05 bits per heavy atom. The first-order valence-corrected chi connectivity index (χ1v) is 6.31. The molecule has 20 heavy (non-hydrogen) atoms. The van der Waals surface area contributed by atoms with E-state index in [0.29, 0.717) is 11.7 Å². The first kappa shape index (κ1) is 13.9. The van der Waals surface area contributed by atoms with Gasteiger partial charge < -0.3 is 5.32 Å². The minimum atomic E-state index is -0.310. The maximum Gasteiger partial charge on any atom is 0.248 e. The molecule has 0 saturated heterocycles. The van der Waals surface area contributed by atoms with E-state index in [4.69, 9.17) is 0 Å². The molecule has 0 aromatic carbocycles. The molecule has 1 N–H and O–H groups in total. The number of pyridine rings is 1. The van der Waals surface area contributed by atoms with Gasteiger partial charge in [0.25, 0.3) is 0 Å². The molecule has 2 aromatic rings. The highest BCUT2D eigenvalue weighted by Crippen LogP contribution is 2.21. The van der Waals surface area contributed by atoms with Crippen molar-refractivity contribution in [2.24, 2.45) is 0 Å². The van der Waals surface area contributed by atoms with Crippen LogP contribution in [0, 0.1) is 0 Å². The quantitative estimate of drug-likeness (QED) is 0.866. The summed E-state index contributed by atoms with van der Waals surface area (Å²) >= 11 is 0. The Morgan fingerprint density at radius 3 is 2.65 bits per heavy atom. The molecule has 0 spiro atoms. The molecule has 2 rings (SSSR count). The maximum atomic E-state index is 11.1. The van der Waals surface area contributed by atoms with E-state index in [0.717, 1.165) is 16.8 Å². The number of carbonyl (C=O) groups excluding carboxylic acids is 1. The average Bonchev–Trinajstić information content (AvgIpc) is 2.48. The molecule has 0 radical (unpaired) electrons. The zero-order chi connectivity index (χ0) is 14.5. The van der Waals surface area contributed by atoms with Crippen LogP contribution in [0.3, 0.4) is 0 Å². The summed E-state index contributed by atoms with van der Waals surface area (Å²) in [7, 11) is 0. The largest absolute Gasteiger partial charge is 0.306 e. The third kappa shape index (κ3) is 3.26. The molecule has 5 nitrogen and oxygen atoms in total. The number of carbonyl (C=O) groups is 1. The standard InChI is InChI=1S/C15H16N4O/c1-4-15(20)19-14-9-17-13(8-18-14)12-5-11(10(2)3)6-16-7-12/h4-10H,1H2,2-3H3,(H,18,19,20). The van der Waals surface area contributed by atoms with Crippen LogP contribution in [0.1, 0.15) is 25.3 Å². The van der Waals surface area contributed by atoms with Gasteiger partial charge in [0.1, 0.15) is 0 Å². The van der Waals surface area contributed by atoms with Crippen molar-refractivity contribution >= 4 is 11.7 Å². The number of rotatable bonds is 4. The molecule has 0 aliphatic carbocycles. The molecule has 0 saturated carbocycles. The molecule has 0 fully saturated rings. The minimum Gasteiger partial charge on any atom is -0.306 e. The number of hydrogen-bond acceptors (Lipinski definition) is 4. The highest BCUT2D eigenvalue weighted by molar-refractivity contribution is 5.98. The zero-order valence-electron chi connectivity index (χ0n) is 11.5. The molecule has 0 unspecified atom stereocenters. The van der Waals surface area contributed by atoms with Gasteiger partial charge in [0.05, 0.1) is 18.1 Å². The summed E-state index contributed by atoms with van der Waals surface area (Å²) in [5, 5.41) is 2.55. The van der Waals surface area contributed by atoms with Gasteiger partial charge in [-0.2, -0.15) is 0 Å². The van der Waals surface area contributed by atoms with Crippen LogP contribution in [0.25, 0.3) is 11.3 Å². The van der Waals surface area contributed by atoms with Crippen LogP contribution in [0.2, 0.25) is 0 Å². The molecule has 5 heteroatoms. The van der Waals surface area contributed by atoms with Gasteiger partial charge in [-0.25, -0.2) is 4.98 Å². The lowest BCUT2D eigenvalue weighted by molar-refractivity contribution is -0.111. The first-order chi connectivity index (χ1) is 9.60. The van der Waals surface area contributed by atoms with Crippen LogP contribution in [-0.2, 0) is 4.79 Å². The van der Waals surface area contributed by atoms with E-state index in [9.17, 15) is 4.79 Å². The molecule has 0 atom stereocenters. The van der Waals surface area contributed by atoms with Crippen molar-refractivity contribution in [2.45, 2.75) is 19.8 Å². The number of amides is 1. The van der Waals surface area contributed by atoms with Crippen molar-refractivity contribution in [3.05, 3.63) is 49.1 Å². The summed E-state index contributed by atoms with van der Waals surface area (Å²) in [5.41, 5.74) is 2.77. The summed E-state index contributed by atoms with van der Waals surface area (Å²) < 4.78 is 0. The SMILES string of the molecule is C=CC(=O)Nc1cnc(-c2cncc(C(C)C)c2)cn1. The van der Waals surface area contributed by atoms with Gasteiger partial charge in [-0.15, -0.1) is 0 Å². The molecule has 0 bridgehead atoms. The molecule has 0 aliphatic rings. The van der Waals surface area contributed by atoms with Crippen molar-refractivity contribution in [3.63, 3.8) is 0 Å². The number of nitrogens with zero attached hydrogens (tertiary/aromatic N) is 3. The van der Waals surface area contributed by atoms with Gasteiger partial charge >= 0.3 is 0 Å². The highest BCUT2D eigenvalue weighted by Gasteiger charge is 2.06. The second-order valence-corrected chi connectivity index (χ2v) is 4.64. The lowest BCUT2D eigenvalue weighted by atomic mass is 10.0. The van der Waals surface area contributed by atoms with Crippen LogP contribution >= 0.6 is 0 Å². The highest BCUT2D eigenvalue weighted by atomic mass is 16.1. The third-order valence-corrected chi connectivity index (χ3v) is 2.81. The Hall–Kier alpha value is -2.56. The van der Waals surface area contributed by atoms with Crippen LogP contribution in [0.4, 0.5) is 5.82 Å². The lowest BCUT2D eigenvalue weighted by Gasteiger charge is -2.07. The van der Waals surface area contributed by atoms with Gasteiger partial charge in [0, 0.05) is 18.0 Å². The van der Waals surface area contributed by atoms with Gasteiger partial charge in [0.15, 0.2) is 5.82 Å². The molecular formula is C15H16N4O. The molecule has 2 aromatic heterocycles. The number of nitrogens with one attached hydrogen (secondary N) is 1. The normalized spacial score (nSPS) is 10.3. The zero-order valence-corrected chi connectivity index (χ0v) is 11.5. The lowest BCUT2D eigenvalue weighted by Crippen LogP contribution is -2.09. The van der Waals surface area contributed by atoms with Crippen LogP contribution in [-0.4, -0.2) is 20.9 Å². The number of anilines is 1. The molecular weight excluding hydrogens is 252 g/mol. The van der Waals surface area contributed by atoms with Gasteiger partial charge in [-0.1, -0.05) is 20.4 Å². The van der Waals surface area contributed by atoms with Crippen LogP contribution in [0.15, 0.2) is 43.5 Å². The second kappa shape index (κ2) is 6.06. The van der Waals surface area contributed by atoms with E-state index in [1.165, 1.54) is 12.3 Å². The fourth-order valence-electron chi connectivity index (χ4n) is 1.63. The Morgan fingerprint density at radius 1 is 1.25 bits per heavy atom. The average molecular weight is 268 g/mol. The van der Waals surface area contributed by atoms with Crippen LogP contribution in [0.5, 0.6) is 0 Å². The van der Waals surface area contributed by atoms with Crippen molar-refractivity contribution in [1.82, 2.24) is 15.0 Å². The van der Waals surface area contributed by atoms with Crippen molar-refractivity contribution < 1.29 is 4.79 Å².